The Morgan fingerprint density at radius 1 is 1.47 bits per heavy atom. The van der Waals surface area contributed by atoms with Gasteiger partial charge in [-0.2, -0.15) is 0 Å². The minimum absolute atomic E-state index is 0.0821. The Hall–Kier alpha value is -2.17. The summed E-state index contributed by atoms with van der Waals surface area (Å²) in [5.41, 5.74) is 0.264. The predicted octanol–water partition coefficient (Wildman–Crippen LogP) is 0.930. The molecule has 0 radical (unpaired) electrons. The SMILES string of the molecule is Cc1nc2ccc(C(=O)O)cc2c(=O)[nH]1. The number of nitrogens with zero attached hydrogens (tertiary/aromatic N) is 1. The van der Waals surface area contributed by atoms with E-state index >= 15 is 0 Å². The number of fused-ring (bicyclic) bond motifs is 1. The number of hydrogen-bond donors (Lipinski definition) is 2. The summed E-state index contributed by atoms with van der Waals surface area (Å²) in [4.78, 5) is 28.8. The monoisotopic (exact) mass is 204 g/mol. The lowest BCUT2D eigenvalue weighted by Crippen LogP contribution is -2.10. The fourth-order valence-corrected chi connectivity index (χ4v) is 1.39. The molecule has 2 rings (SSSR count). The molecule has 0 atom stereocenters. The molecule has 0 aliphatic rings. The number of H-pyrrole nitrogens is 1. The van der Waals surface area contributed by atoms with E-state index in [-0.39, 0.29) is 11.1 Å². The lowest BCUT2D eigenvalue weighted by Gasteiger charge is -1.99. The molecule has 5 nitrogen and oxygen atoms in total. The van der Waals surface area contributed by atoms with Crippen molar-refractivity contribution in [1.29, 1.82) is 0 Å². The van der Waals surface area contributed by atoms with E-state index < -0.39 is 5.97 Å². The third-order valence-corrected chi connectivity index (χ3v) is 2.07. The zero-order valence-electron chi connectivity index (χ0n) is 7.94. The van der Waals surface area contributed by atoms with Crippen molar-refractivity contribution in [2.45, 2.75) is 6.92 Å². The molecule has 1 heterocycles. The summed E-state index contributed by atoms with van der Waals surface area (Å²) < 4.78 is 0. The minimum Gasteiger partial charge on any atom is -0.478 e. The Bertz CT molecular complexity index is 601. The Labute approximate surface area is 84.4 Å². The van der Waals surface area contributed by atoms with Crippen LogP contribution >= 0.6 is 0 Å². The van der Waals surface area contributed by atoms with Gasteiger partial charge in [0.2, 0.25) is 0 Å². The second-order valence-electron chi connectivity index (χ2n) is 3.19. The van der Waals surface area contributed by atoms with Crippen LogP contribution in [0.1, 0.15) is 16.2 Å². The Balaban J connectivity index is 2.83. The zero-order chi connectivity index (χ0) is 11.0. The normalized spacial score (nSPS) is 10.5. The van der Waals surface area contributed by atoms with E-state index in [0.29, 0.717) is 16.7 Å². The summed E-state index contributed by atoms with van der Waals surface area (Å²) in [5.74, 6) is -0.549. The maximum atomic E-state index is 11.5. The van der Waals surface area contributed by atoms with Crippen LogP contribution < -0.4 is 5.56 Å². The van der Waals surface area contributed by atoms with Gasteiger partial charge < -0.3 is 10.1 Å². The average molecular weight is 204 g/mol. The number of carboxylic acid groups (broad SMARTS) is 1. The van der Waals surface area contributed by atoms with Crippen LogP contribution in [0.3, 0.4) is 0 Å². The highest BCUT2D eigenvalue weighted by Gasteiger charge is 2.06. The van der Waals surface area contributed by atoms with Crippen molar-refractivity contribution in [1.82, 2.24) is 9.97 Å². The summed E-state index contributed by atoms with van der Waals surface area (Å²) >= 11 is 0. The van der Waals surface area contributed by atoms with Crippen LogP contribution in [0.4, 0.5) is 0 Å². The number of carbonyl (C=O) groups is 1. The number of rotatable bonds is 1. The topological polar surface area (TPSA) is 83.0 Å². The third-order valence-electron chi connectivity index (χ3n) is 2.07. The van der Waals surface area contributed by atoms with Crippen molar-refractivity contribution >= 4 is 16.9 Å². The smallest absolute Gasteiger partial charge is 0.335 e. The molecule has 0 fully saturated rings. The van der Waals surface area contributed by atoms with Gasteiger partial charge in [-0.25, -0.2) is 9.78 Å². The number of aryl methyl sites for hydroxylation is 1. The first-order valence-corrected chi connectivity index (χ1v) is 4.32. The fourth-order valence-electron chi connectivity index (χ4n) is 1.39. The van der Waals surface area contributed by atoms with E-state index in [1.54, 1.807) is 6.92 Å². The highest BCUT2D eigenvalue weighted by molar-refractivity contribution is 5.92. The second kappa shape index (κ2) is 3.20. The first-order chi connectivity index (χ1) is 7.08. The molecule has 5 heteroatoms. The number of nitrogens with one attached hydrogen (secondary N) is 1. The van der Waals surface area contributed by atoms with Crippen molar-refractivity contribution in [3.05, 3.63) is 39.9 Å². The van der Waals surface area contributed by atoms with Gasteiger partial charge in [0.1, 0.15) is 5.82 Å². The van der Waals surface area contributed by atoms with Crippen LogP contribution in [0.15, 0.2) is 23.0 Å². The first kappa shape index (κ1) is 9.39. The molecule has 0 saturated heterocycles. The molecule has 76 valence electrons. The van der Waals surface area contributed by atoms with Crippen LogP contribution in [0, 0.1) is 6.92 Å². The van der Waals surface area contributed by atoms with Crippen LogP contribution in [0.2, 0.25) is 0 Å². The number of aromatic amines is 1. The van der Waals surface area contributed by atoms with Gasteiger partial charge >= 0.3 is 5.97 Å². The van der Waals surface area contributed by atoms with Gasteiger partial charge in [0.05, 0.1) is 16.5 Å². The third kappa shape index (κ3) is 1.59. The van der Waals surface area contributed by atoms with Crippen molar-refractivity contribution in [3.8, 4) is 0 Å². The molecule has 0 spiro atoms. The molecule has 2 aromatic rings. The Morgan fingerprint density at radius 2 is 2.20 bits per heavy atom. The molecule has 15 heavy (non-hydrogen) atoms. The van der Waals surface area contributed by atoms with Gasteiger partial charge in [-0.15, -0.1) is 0 Å². The molecule has 0 unspecified atom stereocenters. The summed E-state index contributed by atoms with van der Waals surface area (Å²) in [6, 6.07) is 4.28. The molecule has 2 N–H and O–H groups in total. The van der Waals surface area contributed by atoms with Gasteiger partial charge in [0, 0.05) is 0 Å². The second-order valence-corrected chi connectivity index (χ2v) is 3.19. The van der Waals surface area contributed by atoms with E-state index in [1.807, 2.05) is 0 Å². The Kier molecular flexibility index (Phi) is 2.00. The molecule has 0 aliphatic carbocycles. The first-order valence-electron chi connectivity index (χ1n) is 4.32. The van der Waals surface area contributed by atoms with E-state index in [1.165, 1.54) is 18.2 Å². The largest absolute Gasteiger partial charge is 0.478 e. The lowest BCUT2D eigenvalue weighted by molar-refractivity contribution is 0.0697. The number of carboxylic acids is 1. The van der Waals surface area contributed by atoms with Crippen LogP contribution in [-0.2, 0) is 0 Å². The molecular formula is C10H8N2O3. The Morgan fingerprint density at radius 3 is 2.87 bits per heavy atom. The quantitative estimate of drug-likeness (QED) is 0.723. The van der Waals surface area contributed by atoms with Crippen molar-refractivity contribution in [2.75, 3.05) is 0 Å². The van der Waals surface area contributed by atoms with Gasteiger partial charge in [-0.1, -0.05) is 0 Å². The zero-order valence-corrected chi connectivity index (χ0v) is 7.94. The molecule has 0 amide bonds. The highest BCUT2D eigenvalue weighted by atomic mass is 16.4. The van der Waals surface area contributed by atoms with Gasteiger partial charge in [0.25, 0.3) is 5.56 Å². The van der Waals surface area contributed by atoms with Crippen molar-refractivity contribution in [2.24, 2.45) is 0 Å². The highest BCUT2D eigenvalue weighted by Crippen LogP contribution is 2.09. The van der Waals surface area contributed by atoms with E-state index in [9.17, 15) is 9.59 Å². The van der Waals surface area contributed by atoms with Gasteiger partial charge in [-0.05, 0) is 25.1 Å². The fraction of sp³-hybridized carbons (Fsp3) is 0.100. The molecule has 0 saturated carbocycles. The molecule has 0 bridgehead atoms. The molecule has 1 aromatic heterocycles. The van der Waals surface area contributed by atoms with E-state index in [2.05, 4.69) is 9.97 Å². The minimum atomic E-state index is -1.06. The summed E-state index contributed by atoms with van der Waals surface area (Å²) in [5, 5.41) is 9.05. The maximum absolute atomic E-state index is 11.5. The molecule has 1 aromatic carbocycles. The van der Waals surface area contributed by atoms with Crippen LogP contribution in [0.25, 0.3) is 10.9 Å². The van der Waals surface area contributed by atoms with Crippen LogP contribution in [-0.4, -0.2) is 21.0 Å². The molecular weight excluding hydrogens is 196 g/mol. The van der Waals surface area contributed by atoms with Gasteiger partial charge in [0.15, 0.2) is 0 Å². The van der Waals surface area contributed by atoms with Crippen molar-refractivity contribution in [3.63, 3.8) is 0 Å². The maximum Gasteiger partial charge on any atom is 0.335 e. The average Bonchev–Trinajstić information content (AvgIpc) is 2.16. The number of aromatic carboxylic acids is 1. The van der Waals surface area contributed by atoms with E-state index in [0.717, 1.165) is 0 Å². The number of aromatic nitrogens is 2. The van der Waals surface area contributed by atoms with Crippen LogP contribution in [0.5, 0.6) is 0 Å². The lowest BCUT2D eigenvalue weighted by atomic mass is 10.1. The molecule has 0 aliphatic heterocycles. The standard InChI is InChI=1S/C10H8N2O3/c1-5-11-8-3-2-6(10(14)15)4-7(8)9(13)12-5/h2-4H,1H3,(H,14,15)(H,11,12,13). The summed E-state index contributed by atoms with van der Waals surface area (Å²) in [7, 11) is 0. The predicted molar refractivity (Wildman–Crippen MR) is 54.1 cm³/mol. The number of hydrogen-bond acceptors (Lipinski definition) is 3. The van der Waals surface area contributed by atoms with E-state index in [4.69, 9.17) is 5.11 Å². The number of benzene rings is 1. The summed E-state index contributed by atoms with van der Waals surface area (Å²) in [6.07, 6.45) is 0. The van der Waals surface area contributed by atoms with Crippen molar-refractivity contribution < 1.29 is 9.90 Å². The summed E-state index contributed by atoms with van der Waals surface area (Å²) in [6.45, 7) is 1.67. The van der Waals surface area contributed by atoms with Gasteiger partial charge in [-0.3, -0.25) is 4.79 Å².